The number of benzene rings is 1. The summed E-state index contributed by atoms with van der Waals surface area (Å²) in [6.45, 7) is 6.06. The van der Waals surface area contributed by atoms with Crippen molar-refractivity contribution in [1.82, 2.24) is 0 Å². The Morgan fingerprint density at radius 3 is 2.20 bits per heavy atom. The Kier molecular flexibility index (Phi) is 3.80. The van der Waals surface area contributed by atoms with Gasteiger partial charge in [-0.25, -0.2) is 0 Å². The number of rotatable bonds is 3. The summed E-state index contributed by atoms with van der Waals surface area (Å²) < 4.78 is 0. The van der Waals surface area contributed by atoms with E-state index in [1.165, 1.54) is 5.56 Å². The maximum Gasteiger partial charge on any atom is 0.316 e. The summed E-state index contributed by atoms with van der Waals surface area (Å²) in [4.78, 5) is 10.7. The maximum absolute atomic E-state index is 10.7. The fourth-order valence-electron chi connectivity index (χ4n) is 1.81. The van der Waals surface area contributed by atoms with Crippen LogP contribution in [0.5, 0.6) is 0 Å². The first-order valence-electron chi connectivity index (χ1n) is 4.89. The van der Waals surface area contributed by atoms with E-state index >= 15 is 0 Å². The molecule has 0 aliphatic rings. The Balaban J connectivity index is 3.00. The lowest BCUT2D eigenvalue weighted by Crippen LogP contribution is -2.17. The van der Waals surface area contributed by atoms with Crippen molar-refractivity contribution in [2.24, 2.45) is 0 Å². The molecule has 1 aromatic rings. The summed E-state index contributed by atoms with van der Waals surface area (Å²) in [5.41, 5.74) is 4.60. The standard InChI is InChI=1S/C12H16O2S/c1-7-4-8(2)10(9(3)5-7)6-11(15)12(13)14/h4-5,11,15H,6H2,1-3H3,(H,13,14). The number of hydrogen-bond donors (Lipinski definition) is 2. The van der Waals surface area contributed by atoms with Crippen LogP contribution in [0.25, 0.3) is 0 Å². The number of carbonyl (C=O) groups is 1. The van der Waals surface area contributed by atoms with Crippen LogP contribution in [0.3, 0.4) is 0 Å². The molecule has 1 atom stereocenters. The fraction of sp³-hybridized carbons (Fsp3) is 0.417. The molecule has 2 nitrogen and oxygen atoms in total. The fourth-order valence-corrected chi connectivity index (χ4v) is 2.00. The Morgan fingerprint density at radius 2 is 1.80 bits per heavy atom. The number of thiol groups is 1. The highest BCUT2D eigenvalue weighted by atomic mass is 32.1. The number of aryl methyl sites for hydroxylation is 3. The monoisotopic (exact) mass is 224 g/mol. The summed E-state index contributed by atoms with van der Waals surface area (Å²) >= 11 is 4.06. The van der Waals surface area contributed by atoms with Crippen molar-refractivity contribution in [3.8, 4) is 0 Å². The number of aliphatic carboxylic acids is 1. The van der Waals surface area contributed by atoms with Crippen LogP contribution < -0.4 is 0 Å². The van der Waals surface area contributed by atoms with Crippen LogP contribution in [0.15, 0.2) is 12.1 Å². The zero-order valence-corrected chi connectivity index (χ0v) is 10.1. The SMILES string of the molecule is Cc1cc(C)c(CC(S)C(=O)O)c(C)c1. The first-order valence-corrected chi connectivity index (χ1v) is 5.41. The molecule has 0 bridgehead atoms. The summed E-state index contributed by atoms with van der Waals surface area (Å²) in [5.74, 6) is -0.863. The lowest BCUT2D eigenvalue weighted by Gasteiger charge is -2.13. The Hall–Kier alpha value is -0.960. The average molecular weight is 224 g/mol. The van der Waals surface area contributed by atoms with Gasteiger partial charge >= 0.3 is 5.97 Å². The van der Waals surface area contributed by atoms with Gasteiger partial charge < -0.3 is 5.11 Å². The van der Waals surface area contributed by atoms with Gasteiger partial charge in [0, 0.05) is 0 Å². The van der Waals surface area contributed by atoms with Gasteiger partial charge in [0.25, 0.3) is 0 Å². The van der Waals surface area contributed by atoms with E-state index in [9.17, 15) is 4.79 Å². The predicted molar refractivity (Wildman–Crippen MR) is 64.8 cm³/mol. The molecule has 0 fully saturated rings. The second-order valence-corrected chi connectivity index (χ2v) is 4.56. The van der Waals surface area contributed by atoms with Crippen molar-refractivity contribution >= 4 is 18.6 Å². The van der Waals surface area contributed by atoms with E-state index in [0.717, 1.165) is 16.7 Å². The van der Waals surface area contributed by atoms with E-state index in [1.54, 1.807) is 0 Å². The molecule has 0 spiro atoms. The number of hydrogen-bond acceptors (Lipinski definition) is 2. The van der Waals surface area contributed by atoms with Gasteiger partial charge in [0.15, 0.2) is 0 Å². The summed E-state index contributed by atoms with van der Waals surface area (Å²) in [6, 6.07) is 4.15. The van der Waals surface area contributed by atoms with Crippen molar-refractivity contribution in [3.05, 3.63) is 34.4 Å². The molecule has 0 heterocycles. The van der Waals surface area contributed by atoms with E-state index in [0.29, 0.717) is 6.42 Å². The van der Waals surface area contributed by atoms with Crippen molar-refractivity contribution < 1.29 is 9.90 Å². The zero-order valence-electron chi connectivity index (χ0n) is 9.24. The molecule has 0 radical (unpaired) electrons. The molecule has 0 amide bonds. The van der Waals surface area contributed by atoms with E-state index in [-0.39, 0.29) is 0 Å². The third kappa shape index (κ3) is 2.99. The van der Waals surface area contributed by atoms with Crippen LogP contribution in [-0.2, 0) is 11.2 Å². The molecule has 1 rings (SSSR count). The topological polar surface area (TPSA) is 37.3 Å². The molecule has 3 heteroatoms. The minimum absolute atomic E-state index is 0.483. The molecular weight excluding hydrogens is 208 g/mol. The van der Waals surface area contributed by atoms with Gasteiger partial charge in [0.2, 0.25) is 0 Å². The quantitative estimate of drug-likeness (QED) is 0.774. The van der Waals surface area contributed by atoms with Gasteiger partial charge in [0.05, 0.1) is 0 Å². The Morgan fingerprint density at radius 1 is 1.33 bits per heavy atom. The normalized spacial score (nSPS) is 12.5. The molecule has 15 heavy (non-hydrogen) atoms. The summed E-state index contributed by atoms with van der Waals surface area (Å²) in [7, 11) is 0. The highest BCUT2D eigenvalue weighted by molar-refractivity contribution is 7.81. The molecular formula is C12H16O2S. The molecule has 1 N–H and O–H groups in total. The van der Waals surface area contributed by atoms with E-state index in [2.05, 4.69) is 24.8 Å². The second kappa shape index (κ2) is 4.71. The molecule has 0 saturated heterocycles. The smallest absolute Gasteiger partial charge is 0.316 e. The van der Waals surface area contributed by atoms with Gasteiger partial charge in [-0.2, -0.15) is 12.6 Å². The minimum Gasteiger partial charge on any atom is -0.480 e. The van der Waals surface area contributed by atoms with Crippen molar-refractivity contribution in [1.29, 1.82) is 0 Å². The number of carboxylic acids is 1. The van der Waals surface area contributed by atoms with Crippen LogP contribution in [-0.4, -0.2) is 16.3 Å². The highest BCUT2D eigenvalue weighted by Gasteiger charge is 2.15. The number of carboxylic acid groups (broad SMARTS) is 1. The lowest BCUT2D eigenvalue weighted by molar-refractivity contribution is -0.136. The van der Waals surface area contributed by atoms with Gasteiger partial charge in [-0.05, 0) is 43.9 Å². The van der Waals surface area contributed by atoms with E-state index < -0.39 is 11.2 Å². The van der Waals surface area contributed by atoms with Gasteiger partial charge in [0.1, 0.15) is 5.25 Å². The van der Waals surface area contributed by atoms with E-state index in [1.807, 2.05) is 20.8 Å². The zero-order chi connectivity index (χ0) is 11.6. The Labute approximate surface area is 95.7 Å². The first-order chi connectivity index (χ1) is 6.91. The predicted octanol–water partition coefficient (Wildman–Crippen LogP) is 2.54. The maximum atomic E-state index is 10.7. The molecule has 0 aliphatic carbocycles. The first kappa shape index (κ1) is 12.1. The van der Waals surface area contributed by atoms with E-state index in [4.69, 9.17) is 5.11 Å². The third-order valence-electron chi connectivity index (χ3n) is 2.52. The average Bonchev–Trinajstić information content (AvgIpc) is 2.10. The van der Waals surface area contributed by atoms with Crippen LogP contribution in [0, 0.1) is 20.8 Å². The highest BCUT2D eigenvalue weighted by Crippen LogP contribution is 2.19. The minimum atomic E-state index is -0.863. The van der Waals surface area contributed by atoms with Crippen molar-refractivity contribution in [2.75, 3.05) is 0 Å². The molecule has 0 aliphatic heterocycles. The van der Waals surface area contributed by atoms with Crippen molar-refractivity contribution in [2.45, 2.75) is 32.4 Å². The molecule has 1 aromatic carbocycles. The van der Waals surface area contributed by atoms with Crippen LogP contribution in [0.4, 0.5) is 0 Å². The third-order valence-corrected chi connectivity index (χ3v) is 2.93. The van der Waals surface area contributed by atoms with Crippen LogP contribution >= 0.6 is 12.6 Å². The van der Waals surface area contributed by atoms with Crippen LogP contribution in [0.1, 0.15) is 22.3 Å². The second-order valence-electron chi connectivity index (χ2n) is 3.94. The molecule has 0 aromatic heterocycles. The van der Waals surface area contributed by atoms with Gasteiger partial charge in [-0.15, -0.1) is 0 Å². The van der Waals surface area contributed by atoms with Gasteiger partial charge in [-0.3, -0.25) is 4.79 Å². The van der Waals surface area contributed by atoms with Crippen molar-refractivity contribution in [3.63, 3.8) is 0 Å². The molecule has 1 unspecified atom stereocenters. The molecule has 0 saturated carbocycles. The molecule has 82 valence electrons. The Bertz CT molecular complexity index is 362. The lowest BCUT2D eigenvalue weighted by atomic mass is 9.96. The van der Waals surface area contributed by atoms with Crippen LogP contribution in [0.2, 0.25) is 0 Å². The largest absolute Gasteiger partial charge is 0.480 e. The summed E-state index contributed by atoms with van der Waals surface area (Å²) in [5, 5.41) is 8.18. The van der Waals surface area contributed by atoms with Gasteiger partial charge in [-0.1, -0.05) is 17.7 Å². The summed E-state index contributed by atoms with van der Waals surface area (Å²) in [6.07, 6.45) is 0.483.